The van der Waals surface area contributed by atoms with Crippen molar-refractivity contribution in [3.63, 3.8) is 0 Å². The minimum absolute atomic E-state index is 0.120. The van der Waals surface area contributed by atoms with Crippen LogP contribution in [0.15, 0.2) is 0 Å². The second-order valence-electron chi connectivity index (χ2n) is 3.70. The van der Waals surface area contributed by atoms with Crippen molar-refractivity contribution in [1.29, 1.82) is 0 Å². The van der Waals surface area contributed by atoms with Gasteiger partial charge in [0.15, 0.2) is 0 Å². The van der Waals surface area contributed by atoms with Crippen LogP contribution < -0.4 is 5.32 Å². The van der Waals surface area contributed by atoms with Crippen LogP contribution in [-0.4, -0.2) is 30.0 Å². The number of aromatic nitrogens is 1. The summed E-state index contributed by atoms with van der Waals surface area (Å²) in [7, 11) is 0. The summed E-state index contributed by atoms with van der Waals surface area (Å²) in [6, 6.07) is 0. The summed E-state index contributed by atoms with van der Waals surface area (Å²) in [6.07, 6.45) is 0.666. The molecule has 0 radical (unpaired) electrons. The number of ether oxygens (including phenoxy) is 1. The molecule has 86 valence electrons. The number of carbonyl (C=O) groups is 2. The molecule has 0 bridgehead atoms. The van der Waals surface area contributed by atoms with Gasteiger partial charge in [-0.2, -0.15) is 0 Å². The van der Waals surface area contributed by atoms with E-state index < -0.39 is 0 Å². The van der Waals surface area contributed by atoms with Crippen molar-refractivity contribution in [1.82, 2.24) is 10.3 Å². The molecular weight excluding hydrogens is 208 g/mol. The minimum Gasteiger partial charge on any atom is -0.461 e. The monoisotopic (exact) mass is 222 g/mol. The number of amides is 1. The van der Waals surface area contributed by atoms with E-state index >= 15 is 0 Å². The molecule has 0 atom stereocenters. The minimum atomic E-state index is -0.387. The van der Waals surface area contributed by atoms with E-state index in [1.54, 1.807) is 13.8 Å². The number of hydrogen-bond acceptors (Lipinski definition) is 3. The average Bonchev–Trinajstić information content (AvgIpc) is 2.58. The number of aromatic amines is 1. The van der Waals surface area contributed by atoms with Crippen LogP contribution in [0.5, 0.6) is 0 Å². The molecule has 16 heavy (non-hydrogen) atoms. The van der Waals surface area contributed by atoms with Crippen LogP contribution >= 0.6 is 0 Å². The lowest BCUT2D eigenvalue weighted by Gasteiger charge is -2.13. The SMILES string of the molecule is CCOC(=O)c1[nH]c(C)c2c1CCNC2=O. The molecule has 2 heterocycles. The third-order valence-electron chi connectivity index (χ3n) is 2.66. The molecule has 5 nitrogen and oxygen atoms in total. The number of H-pyrrole nitrogens is 1. The van der Waals surface area contributed by atoms with E-state index in [-0.39, 0.29) is 11.9 Å². The highest BCUT2D eigenvalue weighted by molar-refractivity contribution is 6.02. The molecule has 0 unspecified atom stereocenters. The highest BCUT2D eigenvalue weighted by Crippen LogP contribution is 2.22. The molecule has 1 amide bonds. The smallest absolute Gasteiger partial charge is 0.355 e. The summed E-state index contributed by atoms with van der Waals surface area (Å²) in [6.45, 7) is 4.44. The molecule has 0 saturated heterocycles. The Bertz CT molecular complexity index is 448. The van der Waals surface area contributed by atoms with Gasteiger partial charge in [-0.05, 0) is 25.8 Å². The quantitative estimate of drug-likeness (QED) is 0.726. The summed E-state index contributed by atoms with van der Waals surface area (Å²) in [4.78, 5) is 26.2. The van der Waals surface area contributed by atoms with Crippen molar-refractivity contribution in [2.75, 3.05) is 13.2 Å². The summed E-state index contributed by atoms with van der Waals surface area (Å²) in [5.74, 6) is -0.507. The predicted molar refractivity (Wildman–Crippen MR) is 57.5 cm³/mol. The van der Waals surface area contributed by atoms with Crippen LogP contribution in [-0.2, 0) is 11.2 Å². The van der Waals surface area contributed by atoms with Crippen LogP contribution in [0.4, 0.5) is 0 Å². The standard InChI is InChI=1S/C11H14N2O3/c1-3-16-11(15)9-7-4-5-12-10(14)8(7)6(2)13-9/h13H,3-5H2,1-2H3,(H,12,14). The fourth-order valence-corrected chi connectivity index (χ4v) is 2.00. The maximum atomic E-state index is 11.7. The van der Waals surface area contributed by atoms with Crippen molar-refractivity contribution < 1.29 is 14.3 Å². The summed E-state index contributed by atoms with van der Waals surface area (Å²) in [5.41, 5.74) is 2.51. The van der Waals surface area contributed by atoms with Crippen molar-refractivity contribution in [2.24, 2.45) is 0 Å². The zero-order valence-electron chi connectivity index (χ0n) is 9.35. The van der Waals surface area contributed by atoms with Gasteiger partial charge in [-0.15, -0.1) is 0 Å². The van der Waals surface area contributed by atoms with Crippen LogP contribution in [0.2, 0.25) is 0 Å². The van der Waals surface area contributed by atoms with E-state index in [0.29, 0.717) is 30.8 Å². The third kappa shape index (κ3) is 1.58. The molecule has 1 aromatic heterocycles. The van der Waals surface area contributed by atoms with Crippen molar-refractivity contribution >= 4 is 11.9 Å². The fourth-order valence-electron chi connectivity index (χ4n) is 2.00. The molecule has 0 fully saturated rings. The number of nitrogens with one attached hydrogen (secondary N) is 2. The van der Waals surface area contributed by atoms with Gasteiger partial charge in [0.25, 0.3) is 5.91 Å². The zero-order chi connectivity index (χ0) is 11.7. The third-order valence-corrected chi connectivity index (χ3v) is 2.66. The van der Waals surface area contributed by atoms with Crippen LogP contribution in [0.3, 0.4) is 0 Å². The Labute approximate surface area is 93.2 Å². The Kier molecular flexibility index (Phi) is 2.68. The lowest BCUT2D eigenvalue weighted by Crippen LogP contribution is -2.32. The van der Waals surface area contributed by atoms with Gasteiger partial charge in [-0.3, -0.25) is 4.79 Å². The lowest BCUT2D eigenvalue weighted by atomic mass is 10.0. The first-order valence-electron chi connectivity index (χ1n) is 5.32. The van der Waals surface area contributed by atoms with Gasteiger partial charge < -0.3 is 15.0 Å². The van der Waals surface area contributed by atoms with E-state index in [2.05, 4.69) is 10.3 Å². The lowest BCUT2D eigenvalue weighted by molar-refractivity contribution is 0.0519. The first-order valence-corrected chi connectivity index (χ1v) is 5.32. The van der Waals surface area contributed by atoms with Gasteiger partial charge in [0.1, 0.15) is 5.69 Å². The van der Waals surface area contributed by atoms with E-state index in [0.717, 1.165) is 11.3 Å². The van der Waals surface area contributed by atoms with Gasteiger partial charge in [0.05, 0.1) is 12.2 Å². The molecule has 1 aromatic rings. The van der Waals surface area contributed by atoms with Gasteiger partial charge >= 0.3 is 5.97 Å². The Balaban J connectivity index is 2.45. The Morgan fingerprint density at radius 3 is 2.94 bits per heavy atom. The molecule has 0 spiro atoms. The maximum Gasteiger partial charge on any atom is 0.355 e. The largest absolute Gasteiger partial charge is 0.461 e. The Morgan fingerprint density at radius 2 is 2.25 bits per heavy atom. The molecule has 0 saturated carbocycles. The highest BCUT2D eigenvalue weighted by Gasteiger charge is 2.27. The molecule has 0 aromatic carbocycles. The average molecular weight is 222 g/mol. The van der Waals surface area contributed by atoms with Gasteiger partial charge in [0, 0.05) is 12.2 Å². The normalized spacial score (nSPS) is 14.2. The number of hydrogen-bond donors (Lipinski definition) is 2. The Morgan fingerprint density at radius 1 is 1.50 bits per heavy atom. The van der Waals surface area contributed by atoms with Crippen molar-refractivity contribution in [3.8, 4) is 0 Å². The van der Waals surface area contributed by atoms with Gasteiger partial charge in [-0.1, -0.05) is 0 Å². The fraction of sp³-hybridized carbons (Fsp3) is 0.455. The van der Waals surface area contributed by atoms with Gasteiger partial charge in [-0.25, -0.2) is 4.79 Å². The molecule has 0 aliphatic carbocycles. The Hall–Kier alpha value is -1.78. The molecule has 1 aliphatic rings. The van der Waals surface area contributed by atoms with E-state index in [1.165, 1.54) is 0 Å². The van der Waals surface area contributed by atoms with E-state index in [9.17, 15) is 9.59 Å². The van der Waals surface area contributed by atoms with Crippen molar-refractivity contribution in [3.05, 3.63) is 22.5 Å². The predicted octanol–water partition coefficient (Wildman–Crippen LogP) is 0.786. The highest BCUT2D eigenvalue weighted by atomic mass is 16.5. The van der Waals surface area contributed by atoms with Crippen LogP contribution in [0.1, 0.15) is 39.0 Å². The molecule has 2 rings (SSSR count). The second-order valence-corrected chi connectivity index (χ2v) is 3.70. The first-order chi connectivity index (χ1) is 7.65. The van der Waals surface area contributed by atoms with Crippen LogP contribution in [0.25, 0.3) is 0 Å². The molecule has 1 aliphatic heterocycles. The topological polar surface area (TPSA) is 71.2 Å². The number of esters is 1. The second kappa shape index (κ2) is 4.00. The molecule has 2 N–H and O–H groups in total. The number of fused-ring (bicyclic) bond motifs is 1. The zero-order valence-corrected chi connectivity index (χ0v) is 9.35. The molecular formula is C11H14N2O3. The first kappa shape index (κ1) is 10.7. The van der Waals surface area contributed by atoms with E-state index in [4.69, 9.17) is 4.74 Å². The van der Waals surface area contributed by atoms with Crippen molar-refractivity contribution in [2.45, 2.75) is 20.3 Å². The summed E-state index contributed by atoms with van der Waals surface area (Å²) in [5, 5.41) is 2.75. The number of carbonyl (C=O) groups excluding carboxylic acids is 2. The number of rotatable bonds is 2. The maximum absolute atomic E-state index is 11.7. The summed E-state index contributed by atoms with van der Waals surface area (Å²) < 4.78 is 4.94. The van der Waals surface area contributed by atoms with E-state index in [1.807, 2.05) is 0 Å². The number of aryl methyl sites for hydroxylation is 1. The molecule has 5 heteroatoms. The summed E-state index contributed by atoms with van der Waals surface area (Å²) >= 11 is 0. The van der Waals surface area contributed by atoms with Crippen LogP contribution in [0, 0.1) is 6.92 Å². The van der Waals surface area contributed by atoms with Gasteiger partial charge in [0.2, 0.25) is 0 Å².